The first kappa shape index (κ1) is 17.4. The minimum Gasteiger partial charge on any atom is -0.388 e. The maximum atomic E-state index is 4.75. The number of hydrogen-bond donors (Lipinski definition) is 1. The van der Waals surface area contributed by atoms with Crippen LogP contribution in [0.3, 0.4) is 0 Å². The minimum absolute atomic E-state index is 0.384. The topological polar surface area (TPSA) is 21.3 Å². The monoisotopic (exact) mass is 225 g/mol. The molecular formula is C14H27NO. The standard InChI is InChI=1S/C8H11N.C4H10O.C2H6/c1-7-4-3-5-8(6-7)9-2;1-4(2)5-3;1-2/h3-6,9H,1-2H3;4H,1-3H3;1-2H3. The van der Waals surface area contributed by atoms with Gasteiger partial charge in [0.15, 0.2) is 0 Å². The Balaban J connectivity index is 0. The number of anilines is 1. The van der Waals surface area contributed by atoms with Crippen molar-refractivity contribution in [2.24, 2.45) is 0 Å². The first-order chi connectivity index (χ1) is 7.60. The number of nitrogens with one attached hydrogen (secondary N) is 1. The van der Waals surface area contributed by atoms with Gasteiger partial charge in [-0.2, -0.15) is 0 Å². The van der Waals surface area contributed by atoms with Crippen LogP contribution < -0.4 is 5.32 Å². The molecule has 0 fully saturated rings. The van der Waals surface area contributed by atoms with Gasteiger partial charge in [-0.1, -0.05) is 26.0 Å². The van der Waals surface area contributed by atoms with E-state index in [1.807, 2.05) is 46.9 Å². The van der Waals surface area contributed by atoms with Crippen LogP contribution in [0.15, 0.2) is 24.3 Å². The molecule has 0 saturated heterocycles. The highest BCUT2D eigenvalue weighted by molar-refractivity contribution is 5.44. The van der Waals surface area contributed by atoms with Crippen LogP contribution in [0.2, 0.25) is 0 Å². The molecule has 0 spiro atoms. The zero-order valence-electron chi connectivity index (χ0n) is 11.8. The lowest BCUT2D eigenvalue weighted by atomic mass is 10.2. The SMILES string of the molecule is CC.CNc1cccc(C)c1.COC(C)C. The highest BCUT2D eigenvalue weighted by Gasteiger charge is 1.84. The second-order valence-electron chi connectivity index (χ2n) is 3.40. The molecule has 0 atom stereocenters. The molecule has 0 saturated carbocycles. The summed E-state index contributed by atoms with van der Waals surface area (Å²) < 4.78 is 4.75. The molecule has 94 valence electrons. The Morgan fingerprint density at radius 2 is 1.69 bits per heavy atom. The van der Waals surface area contributed by atoms with E-state index >= 15 is 0 Å². The zero-order valence-corrected chi connectivity index (χ0v) is 11.8. The van der Waals surface area contributed by atoms with E-state index in [0.717, 1.165) is 0 Å². The van der Waals surface area contributed by atoms with Gasteiger partial charge in [-0.25, -0.2) is 0 Å². The van der Waals surface area contributed by atoms with Crippen molar-refractivity contribution >= 4 is 5.69 Å². The lowest BCUT2D eigenvalue weighted by Crippen LogP contribution is -1.94. The largest absolute Gasteiger partial charge is 0.388 e. The molecule has 0 aliphatic carbocycles. The molecule has 0 amide bonds. The van der Waals surface area contributed by atoms with Crippen LogP contribution >= 0.6 is 0 Å². The van der Waals surface area contributed by atoms with Gasteiger partial charge in [0.2, 0.25) is 0 Å². The summed E-state index contributed by atoms with van der Waals surface area (Å²) in [6.07, 6.45) is 0.384. The Bertz CT molecular complexity index is 246. The first-order valence-electron chi connectivity index (χ1n) is 5.87. The fourth-order valence-electron chi connectivity index (χ4n) is 0.801. The van der Waals surface area contributed by atoms with Gasteiger partial charge in [0, 0.05) is 19.8 Å². The molecule has 0 aliphatic heterocycles. The Labute approximate surface area is 101 Å². The van der Waals surface area contributed by atoms with Crippen molar-refractivity contribution in [1.29, 1.82) is 0 Å². The Kier molecular flexibility index (Phi) is 13.1. The molecule has 1 aromatic carbocycles. The van der Waals surface area contributed by atoms with Crippen LogP contribution in [0.5, 0.6) is 0 Å². The summed E-state index contributed by atoms with van der Waals surface area (Å²) in [5.74, 6) is 0. The zero-order chi connectivity index (χ0) is 13.0. The third-order valence-electron chi connectivity index (χ3n) is 1.78. The van der Waals surface area contributed by atoms with Crippen molar-refractivity contribution in [1.82, 2.24) is 0 Å². The fourth-order valence-corrected chi connectivity index (χ4v) is 0.801. The van der Waals surface area contributed by atoms with Crippen molar-refractivity contribution in [2.45, 2.75) is 40.7 Å². The molecule has 2 nitrogen and oxygen atoms in total. The molecule has 0 aromatic heterocycles. The smallest absolute Gasteiger partial charge is 0.0515 e. The van der Waals surface area contributed by atoms with Crippen LogP contribution in [0, 0.1) is 6.92 Å². The molecule has 0 unspecified atom stereocenters. The van der Waals surface area contributed by atoms with Gasteiger partial charge in [-0.3, -0.25) is 0 Å². The van der Waals surface area contributed by atoms with Gasteiger partial charge >= 0.3 is 0 Å². The lowest BCUT2D eigenvalue weighted by molar-refractivity contribution is 0.134. The maximum Gasteiger partial charge on any atom is 0.0515 e. The van der Waals surface area contributed by atoms with Crippen LogP contribution in [-0.4, -0.2) is 20.3 Å². The fraction of sp³-hybridized carbons (Fsp3) is 0.571. The summed E-state index contributed by atoms with van der Waals surface area (Å²) in [6.45, 7) is 10.1. The molecule has 0 bridgehead atoms. The molecule has 1 rings (SSSR count). The Hall–Kier alpha value is -1.02. The first-order valence-corrected chi connectivity index (χ1v) is 5.87. The van der Waals surface area contributed by atoms with Gasteiger partial charge in [-0.15, -0.1) is 0 Å². The van der Waals surface area contributed by atoms with Crippen molar-refractivity contribution < 1.29 is 4.74 Å². The van der Waals surface area contributed by atoms with Gasteiger partial charge < -0.3 is 10.1 Å². The summed E-state index contributed by atoms with van der Waals surface area (Å²) in [6, 6.07) is 8.29. The van der Waals surface area contributed by atoms with E-state index in [2.05, 4.69) is 24.4 Å². The molecule has 2 heteroatoms. The van der Waals surface area contributed by atoms with Gasteiger partial charge in [0.25, 0.3) is 0 Å². The number of ether oxygens (including phenoxy) is 1. The van der Waals surface area contributed by atoms with E-state index in [4.69, 9.17) is 4.74 Å². The summed E-state index contributed by atoms with van der Waals surface area (Å²) in [4.78, 5) is 0. The van der Waals surface area contributed by atoms with E-state index < -0.39 is 0 Å². The predicted octanol–water partition coefficient (Wildman–Crippen LogP) is 4.10. The van der Waals surface area contributed by atoms with Gasteiger partial charge in [0.05, 0.1) is 6.10 Å². The Morgan fingerprint density at radius 3 is 1.94 bits per heavy atom. The molecule has 1 aromatic rings. The third kappa shape index (κ3) is 11.1. The number of rotatable bonds is 2. The number of hydrogen-bond acceptors (Lipinski definition) is 2. The minimum atomic E-state index is 0.384. The normalized spacial score (nSPS) is 8.50. The highest BCUT2D eigenvalue weighted by Crippen LogP contribution is 2.07. The van der Waals surface area contributed by atoms with Crippen molar-refractivity contribution in [3.05, 3.63) is 29.8 Å². The Morgan fingerprint density at radius 1 is 1.19 bits per heavy atom. The average molecular weight is 225 g/mol. The second kappa shape index (κ2) is 12.1. The summed E-state index contributed by atoms with van der Waals surface area (Å²) >= 11 is 0. The average Bonchev–Trinajstić information content (AvgIpc) is 2.32. The van der Waals surface area contributed by atoms with Crippen molar-refractivity contribution in [3.63, 3.8) is 0 Å². The van der Waals surface area contributed by atoms with E-state index in [0.29, 0.717) is 6.10 Å². The second-order valence-corrected chi connectivity index (χ2v) is 3.40. The number of methoxy groups -OCH3 is 1. The van der Waals surface area contributed by atoms with E-state index in [-0.39, 0.29) is 0 Å². The van der Waals surface area contributed by atoms with Gasteiger partial charge in [0.1, 0.15) is 0 Å². The van der Waals surface area contributed by atoms with Crippen LogP contribution in [0.1, 0.15) is 33.3 Å². The molecule has 0 aliphatic rings. The molecule has 0 radical (unpaired) electrons. The van der Waals surface area contributed by atoms with E-state index in [1.54, 1.807) is 7.11 Å². The number of benzene rings is 1. The highest BCUT2D eigenvalue weighted by atomic mass is 16.5. The number of aryl methyl sites for hydroxylation is 1. The lowest BCUT2D eigenvalue weighted by Gasteiger charge is -1.98. The molecular weight excluding hydrogens is 198 g/mol. The van der Waals surface area contributed by atoms with Crippen LogP contribution in [0.4, 0.5) is 5.69 Å². The summed E-state index contributed by atoms with van der Waals surface area (Å²) in [5.41, 5.74) is 2.47. The van der Waals surface area contributed by atoms with Crippen molar-refractivity contribution in [2.75, 3.05) is 19.5 Å². The summed E-state index contributed by atoms with van der Waals surface area (Å²) in [7, 11) is 3.62. The van der Waals surface area contributed by atoms with E-state index in [1.165, 1.54) is 11.3 Å². The molecule has 16 heavy (non-hydrogen) atoms. The van der Waals surface area contributed by atoms with E-state index in [9.17, 15) is 0 Å². The quantitative estimate of drug-likeness (QED) is 0.818. The van der Waals surface area contributed by atoms with Crippen LogP contribution in [0.25, 0.3) is 0 Å². The third-order valence-corrected chi connectivity index (χ3v) is 1.78. The van der Waals surface area contributed by atoms with Gasteiger partial charge in [-0.05, 0) is 38.5 Å². The molecule has 1 N–H and O–H groups in total. The van der Waals surface area contributed by atoms with Crippen molar-refractivity contribution in [3.8, 4) is 0 Å². The predicted molar refractivity (Wildman–Crippen MR) is 74.2 cm³/mol. The maximum absolute atomic E-state index is 4.75. The van der Waals surface area contributed by atoms with Crippen LogP contribution in [-0.2, 0) is 4.74 Å². The molecule has 0 heterocycles. The summed E-state index contributed by atoms with van der Waals surface area (Å²) in [5, 5.41) is 3.07.